The van der Waals surface area contributed by atoms with Crippen molar-refractivity contribution < 1.29 is 9.53 Å². The van der Waals surface area contributed by atoms with Crippen LogP contribution in [-0.2, 0) is 0 Å². The van der Waals surface area contributed by atoms with Gasteiger partial charge in [-0.05, 0) is 53.9 Å². The first kappa shape index (κ1) is 20.3. The molecule has 32 heavy (non-hydrogen) atoms. The van der Waals surface area contributed by atoms with E-state index < -0.39 is 0 Å². The molecule has 0 aliphatic carbocycles. The quantitative estimate of drug-likeness (QED) is 0.365. The summed E-state index contributed by atoms with van der Waals surface area (Å²) >= 11 is 1.58. The summed E-state index contributed by atoms with van der Waals surface area (Å²) in [6, 6.07) is 23.9. The van der Waals surface area contributed by atoms with Gasteiger partial charge in [-0.25, -0.2) is 4.98 Å². The van der Waals surface area contributed by atoms with Crippen molar-refractivity contribution in [2.24, 2.45) is 0 Å². The average Bonchev–Trinajstić information content (AvgIpc) is 3.40. The van der Waals surface area contributed by atoms with Crippen molar-refractivity contribution in [1.82, 2.24) is 14.7 Å². The topological polar surface area (TPSA) is 55.6 Å². The van der Waals surface area contributed by atoms with Gasteiger partial charge in [0.1, 0.15) is 5.75 Å². The van der Waals surface area contributed by atoms with Gasteiger partial charge in [0, 0.05) is 23.9 Å². The second-order valence-corrected chi connectivity index (χ2v) is 8.82. The van der Waals surface area contributed by atoms with E-state index >= 15 is 0 Å². The summed E-state index contributed by atoms with van der Waals surface area (Å²) in [7, 11) is 1.66. The zero-order chi connectivity index (χ0) is 22.1. The number of nitrogens with one attached hydrogen (secondary N) is 1. The fraction of sp³-hybridized carbons (Fsp3) is 0.154. The van der Waals surface area contributed by atoms with Gasteiger partial charge in [-0.3, -0.25) is 9.20 Å². The standard InChI is InChI=1S/C26H23N3O2S/c1-17(18-6-4-3-5-7-18)15-27-25(30)20-10-13-23-24(14-20)32-26-28-22(16-29(23)26)19-8-11-21(31-2)12-9-19/h3-14,16-17H,15H2,1-2H3,(H,27,30)/t17-/m1/s1. The molecule has 0 aliphatic rings. The summed E-state index contributed by atoms with van der Waals surface area (Å²) in [6.45, 7) is 2.72. The number of thiazole rings is 1. The van der Waals surface area contributed by atoms with Crippen LogP contribution in [0.2, 0.25) is 0 Å². The zero-order valence-electron chi connectivity index (χ0n) is 17.9. The molecule has 1 amide bonds. The SMILES string of the molecule is COc1ccc(-c2cn3c(n2)sc2cc(C(=O)NC[C@@H](C)c4ccccc4)ccc23)cc1. The van der Waals surface area contributed by atoms with Crippen LogP contribution in [0.15, 0.2) is 79.0 Å². The summed E-state index contributed by atoms with van der Waals surface area (Å²) in [6.07, 6.45) is 2.04. The molecule has 0 fully saturated rings. The van der Waals surface area contributed by atoms with Crippen LogP contribution in [0.5, 0.6) is 5.75 Å². The van der Waals surface area contributed by atoms with Crippen molar-refractivity contribution in [3.8, 4) is 17.0 Å². The van der Waals surface area contributed by atoms with Crippen molar-refractivity contribution in [3.63, 3.8) is 0 Å². The first-order chi connectivity index (χ1) is 15.6. The van der Waals surface area contributed by atoms with E-state index in [9.17, 15) is 4.79 Å². The maximum Gasteiger partial charge on any atom is 0.251 e. The van der Waals surface area contributed by atoms with Gasteiger partial charge in [-0.1, -0.05) is 48.6 Å². The Kier molecular flexibility index (Phi) is 5.37. The number of carbonyl (C=O) groups excluding carboxylic acids is 1. The van der Waals surface area contributed by atoms with E-state index in [4.69, 9.17) is 9.72 Å². The minimum atomic E-state index is -0.0559. The summed E-state index contributed by atoms with van der Waals surface area (Å²) < 4.78 is 8.36. The molecule has 0 saturated heterocycles. The Labute approximate surface area is 190 Å². The van der Waals surface area contributed by atoms with E-state index in [1.54, 1.807) is 18.4 Å². The maximum absolute atomic E-state index is 12.7. The van der Waals surface area contributed by atoms with Gasteiger partial charge in [0.15, 0.2) is 4.96 Å². The molecule has 0 saturated carbocycles. The number of nitrogens with zero attached hydrogens (tertiary/aromatic N) is 2. The molecule has 1 N–H and O–H groups in total. The number of imidazole rings is 1. The maximum atomic E-state index is 12.7. The average molecular weight is 442 g/mol. The smallest absolute Gasteiger partial charge is 0.251 e. The summed E-state index contributed by atoms with van der Waals surface area (Å²) in [5, 5.41) is 3.06. The first-order valence-electron chi connectivity index (χ1n) is 10.5. The van der Waals surface area contributed by atoms with Gasteiger partial charge in [0.05, 0.1) is 23.0 Å². The molecular weight excluding hydrogens is 418 g/mol. The number of ether oxygens (including phenoxy) is 1. The number of amides is 1. The van der Waals surface area contributed by atoms with Crippen LogP contribution < -0.4 is 10.1 Å². The number of rotatable bonds is 6. The molecule has 2 aromatic heterocycles. The van der Waals surface area contributed by atoms with Crippen LogP contribution in [0.1, 0.15) is 28.8 Å². The van der Waals surface area contributed by atoms with E-state index in [0.717, 1.165) is 32.2 Å². The van der Waals surface area contributed by atoms with Crippen molar-refractivity contribution in [3.05, 3.63) is 90.1 Å². The van der Waals surface area contributed by atoms with Crippen LogP contribution >= 0.6 is 11.3 Å². The molecule has 0 aliphatic heterocycles. The largest absolute Gasteiger partial charge is 0.497 e. The summed E-state index contributed by atoms with van der Waals surface area (Å²) in [5.74, 6) is 1.02. The highest BCUT2D eigenvalue weighted by atomic mass is 32.1. The predicted molar refractivity (Wildman–Crippen MR) is 130 cm³/mol. The highest BCUT2D eigenvalue weighted by Crippen LogP contribution is 2.30. The molecule has 1 atom stereocenters. The molecule has 0 unspecified atom stereocenters. The number of aromatic nitrogens is 2. The number of benzene rings is 3. The third-order valence-corrected chi connectivity index (χ3v) is 6.70. The van der Waals surface area contributed by atoms with E-state index in [-0.39, 0.29) is 11.8 Å². The highest BCUT2D eigenvalue weighted by molar-refractivity contribution is 7.23. The van der Waals surface area contributed by atoms with Crippen LogP contribution in [0.25, 0.3) is 26.4 Å². The third-order valence-electron chi connectivity index (χ3n) is 5.68. The van der Waals surface area contributed by atoms with Crippen molar-refractivity contribution >= 4 is 32.4 Å². The highest BCUT2D eigenvalue weighted by Gasteiger charge is 2.14. The van der Waals surface area contributed by atoms with Crippen molar-refractivity contribution in [1.29, 1.82) is 0 Å². The van der Waals surface area contributed by atoms with Crippen LogP contribution in [0, 0.1) is 0 Å². The zero-order valence-corrected chi connectivity index (χ0v) is 18.7. The molecular formula is C26H23N3O2S. The molecule has 0 bridgehead atoms. The number of carbonyl (C=O) groups is 1. The Balaban J connectivity index is 1.35. The van der Waals surface area contributed by atoms with Gasteiger partial charge in [-0.2, -0.15) is 0 Å². The Hall–Kier alpha value is -3.64. The van der Waals surface area contributed by atoms with Crippen LogP contribution in [0.3, 0.4) is 0 Å². The molecule has 3 aromatic carbocycles. The Morgan fingerprint density at radius 3 is 2.62 bits per heavy atom. The fourth-order valence-electron chi connectivity index (χ4n) is 3.79. The lowest BCUT2D eigenvalue weighted by Crippen LogP contribution is -2.27. The number of methoxy groups -OCH3 is 1. The molecule has 6 heteroatoms. The second-order valence-electron chi connectivity index (χ2n) is 7.81. The summed E-state index contributed by atoms with van der Waals surface area (Å²) in [5.41, 5.74) is 4.88. The van der Waals surface area contributed by atoms with Gasteiger partial charge < -0.3 is 10.1 Å². The lowest BCUT2D eigenvalue weighted by Gasteiger charge is -2.13. The van der Waals surface area contributed by atoms with Crippen molar-refractivity contribution in [2.75, 3.05) is 13.7 Å². The van der Waals surface area contributed by atoms with E-state index in [2.05, 4.69) is 28.8 Å². The molecule has 5 aromatic rings. The number of hydrogen-bond donors (Lipinski definition) is 1. The number of hydrogen-bond acceptors (Lipinski definition) is 4. The Morgan fingerprint density at radius 1 is 1.09 bits per heavy atom. The monoisotopic (exact) mass is 441 g/mol. The van der Waals surface area contributed by atoms with Crippen LogP contribution in [-0.4, -0.2) is 28.9 Å². The first-order valence-corrected chi connectivity index (χ1v) is 11.3. The van der Waals surface area contributed by atoms with E-state index in [0.29, 0.717) is 12.1 Å². The van der Waals surface area contributed by atoms with Gasteiger partial charge >= 0.3 is 0 Å². The molecule has 160 valence electrons. The minimum absolute atomic E-state index is 0.0559. The molecule has 2 heterocycles. The predicted octanol–water partition coefficient (Wildman–Crippen LogP) is 5.76. The lowest BCUT2D eigenvalue weighted by molar-refractivity contribution is 0.0952. The summed E-state index contributed by atoms with van der Waals surface area (Å²) in [4.78, 5) is 18.4. The molecule has 5 rings (SSSR count). The molecule has 5 nitrogen and oxygen atoms in total. The fourth-order valence-corrected chi connectivity index (χ4v) is 4.84. The third kappa shape index (κ3) is 3.85. The lowest BCUT2D eigenvalue weighted by atomic mass is 10.0. The normalized spacial score (nSPS) is 12.2. The number of fused-ring (bicyclic) bond motifs is 3. The van der Waals surface area contributed by atoms with Crippen LogP contribution in [0.4, 0.5) is 0 Å². The molecule has 0 spiro atoms. The minimum Gasteiger partial charge on any atom is -0.497 e. The Bertz CT molecular complexity index is 1390. The van der Waals surface area contributed by atoms with E-state index in [1.165, 1.54) is 5.56 Å². The van der Waals surface area contributed by atoms with Crippen molar-refractivity contribution in [2.45, 2.75) is 12.8 Å². The molecule has 0 radical (unpaired) electrons. The van der Waals surface area contributed by atoms with Gasteiger partial charge in [-0.15, -0.1) is 0 Å². The Morgan fingerprint density at radius 2 is 1.88 bits per heavy atom. The van der Waals surface area contributed by atoms with Gasteiger partial charge in [0.25, 0.3) is 5.91 Å². The van der Waals surface area contributed by atoms with Gasteiger partial charge in [0.2, 0.25) is 0 Å². The second kappa shape index (κ2) is 8.48. The van der Waals surface area contributed by atoms with E-state index in [1.807, 2.05) is 66.9 Å².